The van der Waals surface area contributed by atoms with Crippen LogP contribution < -0.4 is 4.90 Å². The van der Waals surface area contributed by atoms with E-state index in [2.05, 4.69) is 46.0 Å². The number of amidine groups is 1. The third kappa shape index (κ3) is 3.85. The van der Waals surface area contributed by atoms with Crippen LogP contribution in [0.4, 0.5) is 5.69 Å². The van der Waals surface area contributed by atoms with Gasteiger partial charge >= 0.3 is 0 Å². The summed E-state index contributed by atoms with van der Waals surface area (Å²) < 4.78 is 0. The number of carbonyl (C=O) groups excluding carboxylic acids is 1. The Morgan fingerprint density at radius 3 is 2.52 bits per heavy atom. The van der Waals surface area contributed by atoms with Crippen molar-refractivity contribution in [2.75, 3.05) is 31.1 Å². The lowest BCUT2D eigenvalue weighted by Gasteiger charge is -2.36. The molecule has 2 aromatic carbocycles. The summed E-state index contributed by atoms with van der Waals surface area (Å²) in [4.78, 5) is 21.6. The summed E-state index contributed by atoms with van der Waals surface area (Å²) in [5, 5.41) is 10.7. The maximum atomic E-state index is 12.3. The number of amides is 1. The van der Waals surface area contributed by atoms with Gasteiger partial charge in [-0.1, -0.05) is 30.3 Å². The first-order valence-electron chi connectivity index (χ1n) is 8.97. The van der Waals surface area contributed by atoms with Crippen LogP contribution in [0.3, 0.4) is 0 Å². The predicted octanol–water partition coefficient (Wildman–Crippen LogP) is 3.49. The highest BCUT2D eigenvalue weighted by molar-refractivity contribution is 8.18. The molecule has 1 saturated heterocycles. The van der Waals surface area contributed by atoms with E-state index in [4.69, 9.17) is 0 Å². The third-order valence-electron chi connectivity index (χ3n) is 4.75. The minimum Gasteiger partial charge on any atom is -0.507 e. The number of benzene rings is 2. The van der Waals surface area contributed by atoms with Gasteiger partial charge in [0.1, 0.15) is 5.75 Å². The van der Waals surface area contributed by atoms with E-state index in [1.807, 2.05) is 6.07 Å². The highest BCUT2D eigenvalue weighted by atomic mass is 32.2. The predicted molar refractivity (Wildman–Crippen MR) is 111 cm³/mol. The maximum Gasteiger partial charge on any atom is 0.286 e. The third-order valence-corrected chi connectivity index (χ3v) is 5.79. The molecule has 1 N–H and O–H groups in total. The molecule has 0 aliphatic carbocycles. The fourth-order valence-corrected chi connectivity index (χ4v) is 4.22. The Balaban J connectivity index is 1.42. The van der Waals surface area contributed by atoms with Crippen LogP contribution in [0.2, 0.25) is 0 Å². The Morgan fingerprint density at radius 1 is 1.04 bits per heavy atom. The topological polar surface area (TPSA) is 56.1 Å². The molecule has 27 heavy (non-hydrogen) atoms. The SMILES string of the molecule is Cc1cccc(N2CCN(C3=NC(=O)C(=Cc4ccccc4O)S3)CC2)c1. The smallest absolute Gasteiger partial charge is 0.286 e. The number of hydrogen-bond donors (Lipinski definition) is 1. The number of carbonyl (C=O) groups is 1. The van der Waals surface area contributed by atoms with E-state index >= 15 is 0 Å². The zero-order valence-corrected chi connectivity index (χ0v) is 15.9. The monoisotopic (exact) mass is 379 g/mol. The van der Waals surface area contributed by atoms with Gasteiger partial charge in [-0.25, -0.2) is 0 Å². The van der Waals surface area contributed by atoms with Gasteiger partial charge in [-0.15, -0.1) is 0 Å². The first-order valence-corrected chi connectivity index (χ1v) is 9.79. The van der Waals surface area contributed by atoms with Gasteiger partial charge in [-0.2, -0.15) is 4.99 Å². The molecule has 2 aromatic rings. The summed E-state index contributed by atoms with van der Waals surface area (Å²) in [5.41, 5.74) is 3.14. The second kappa shape index (κ2) is 7.48. The molecule has 0 atom stereocenters. The van der Waals surface area contributed by atoms with Gasteiger partial charge in [0.05, 0.1) is 4.91 Å². The molecule has 0 aromatic heterocycles. The number of piperazine rings is 1. The fraction of sp³-hybridized carbons (Fsp3) is 0.238. The van der Waals surface area contributed by atoms with E-state index in [9.17, 15) is 9.90 Å². The minimum absolute atomic E-state index is 0.165. The van der Waals surface area contributed by atoms with Gasteiger partial charge in [-0.3, -0.25) is 4.79 Å². The average Bonchev–Trinajstić information content (AvgIpc) is 3.04. The minimum atomic E-state index is -0.237. The van der Waals surface area contributed by atoms with Crippen molar-refractivity contribution in [3.8, 4) is 5.75 Å². The molecular formula is C21H21N3O2S. The highest BCUT2D eigenvalue weighted by Gasteiger charge is 2.28. The second-order valence-electron chi connectivity index (χ2n) is 6.68. The molecule has 0 bridgehead atoms. The Kier molecular flexibility index (Phi) is 4.90. The number of hydrogen-bond acceptors (Lipinski definition) is 5. The lowest BCUT2D eigenvalue weighted by Crippen LogP contribution is -2.47. The largest absolute Gasteiger partial charge is 0.507 e. The summed E-state index contributed by atoms with van der Waals surface area (Å²) in [7, 11) is 0. The normalized spacial score (nSPS) is 18.9. The second-order valence-corrected chi connectivity index (χ2v) is 7.69. The van der Waals surface area contributed by atoms with Crippen LogP contribution in [-0.2, 0) is 4.79 Å². The Labute approximate surface area is 163 Å². The molecule has 2 heterocycles. The van der Waals surface area contributed by atoms with Crippen molar-refractivity contribution in [3.05, 3.63) is 64.6 Å². The maximum absolute atomic E-state index is 12.3. The van der Waals surface area contributed by atoms with E-state index in [-0.39, 0.29) is 11.7 Å². The van der Waals surface area contributed by atoms with Gasteiger partial charge < -0.3 is 14.9 Å². The molecule has 0 saturated carbocycles. The summed E-state index contributed by atoms with van der Waals surface area (Å²) in [6.07, 6.45) is 1.71. The van der Waals surface area contributed by atoms with Crippen LogP contribution in [0.25, 0.3) is 6.08 Å². The highest BCUT2D eigenvalue weighted by Crippen LogP contribution is 2.32. The van der Waals surface area contributed by atoms with Crippen molar-refractivity contribution >= 4 is 34.6 Å². The number of aryl methyl sites for hydroxylation is 1. The molecule has 5 nitrogen and oxygen atoms in total. The molecule has 1 fully saturated rings. The average molecular weight is 379 g/mol. The molecule has 138 valence electrons. The fourth-order valence-electron chi connectivity index (χ4n) is 3.26. The zero-order valence-electron chi connectivity index (χ0n) is 15.1. The summed E-state index contributed by atoms with van der Waals surface area (Å²) in [6.45, 7) is 5.56. The van der Waals surface area contributed by atoms with Crippen LogP contribution in [-0.4, -0.2) is 47.3 Å². The van der Waals surface area contributed by atoms with Crippen molar-refractivity contribution in [2.45, 2.75) is 6.92 Å². The zero-order chi connectivity index (χ0) is 18.8. The first kappa shape index (κ1) is 17.7. The Morgan fingerprint density at radius 2 is 1.78 bits per heavy atom. The van der Waals surface area contributed by atoms with Gasteiger partial charge in [0.2, 0.25) is 0 Å². The lowest BCUT2D eigenvalue weighted by molar-refractivity contribution is -0.113. The van der Waals surface area contributed by atoms with Crippen molar-refractivity contribution in [1.29, 1.82) is 0 Å². The van der Waals surface area contributed by atoms with Crippen LogP contribution in [0.5, 0.6) is 5.75 Å². The number of aliphatic imine (C=N–C) groups is 1. The van der Waals surface area contributed by atoms with E-state index in [0.29, 0.717) is 10.5 Å². The van der Waals surface area contributed by atoms with E-state index in [1.54, 1.807) is 24.3 Å². The number of phenolic OH excluding ortho intramolecular Hbond substituents is 1. The van der Waals surface area contributed by atoms with Gasteiger partial charge in [0.15, 0.2) is 5.17 Å². The standard InChI is InChI=1S/C21H21N3O2S/c1-15-5-4-7-17(13-15)23-9-11-24(12-10-23)21-22-20(26)19(27-21)14-16-6-2-3-8-18(16)25/h2-8,13-14,25H,9-12H2,1H3. The van der Waals surface area contributed by atoms with Crippen molar-refractivity contribution < 1.29 is 9.90 Å². The number of phenols is 1. The molecule has 4 rings (SSSR count). The lowest BCUT2D eigenvalue weighted by atomic mass is 10.2. The summed E-state index contributed by atoms with van der Waals surface area (Å²) in [6, 6.07) is 15.5. The van der Waals surface area contributed by atoms with Gasteiger partial charge in [0.25, 0.3) is 5.91 Å². The molecule has 0 spiro atoms. The quantitative estimate of drug-likeness (QED) is 0.810. The summed E-state index contributed by atoms with van der Waals surface area (Å²) >= 11 is 1.39. The molecule has 1 amide bonds. The molecular weight excluding hydrogens is 358 g/mol. The van der Waals surface area contributed by atoms with Gasteiger partial charge in [0, 0.05) is 37.4 Å². The number of para-hydroxylation sites is 1. The van der Waals surface area contributed by atoms with Crippen LogP contribution in [0, 0.1) is 6.92 Å². The van der Waals surface area contributed by atoms with E-state index < -0.39 is 0 Å². The Bertz CT molecular complexity index is 931. The van der Waals surface area contributed by atoms with Crippen molar-refractivity contribution in [2.24, 2.45) is 4.99 Å². The molecule has 2 aliphatic heterocycles. The van der Waals surface area contributed by atoms with Crippen molar-refractivity contribution in [3.63, 3.8) is 0 Å². The van der Waals surface area contributed by atoms with Crippen LogP contribution >= 0.6 is 11.8 Å². The van der Waals surface area contributed by atoms with Crippen molar-refractivity contribution in [1.82, 2.24) is 4.90 Å². The molecule has 0 radical (unpaired) electrons. The molecule has 0 unspecified atom stereocenters. The molecule has 6 heteroatoms. The number of thioether (sulfide) groups is 1. The van der Waals surface area contributed by atoms with Crippen LogP contribution in [0.15, 0.2) is 58.4 Å². The van der Waals surface area contributed by atoms with Crippen LogP contribution in [0.1, 0.15) is 11.1 Å². The van der Waals surface area contributed by atoms with E-state index in [1.165, 1.54) is 23.0 Å². The number of rotatable bonds is 2. The van der Waals surface area contributed by atoms with E-state index in [0.717, 1.165) is 31.3 Å². The number of aromatic hydroxyl groups is 1. The number of anilines is 1. The van der Waals surface area contributed by atoms with Gasteiger partial charge in [-0.05, 0) is 48.5 Å². The number of nitrogens with zero attached hydrogens (tertiary/aromatic N) is 3. The molecule has 2 aliphatic rings. The first-order chi connectivity index (χ1) is 13.1. The summed E-state index contributed by atoms with van der Waals surface area (Å²) in [5.74, 6) is -0.0713. The Hall–Kier alpha value is -2.73.